The van der Waals surface area contributed by atoms with Gasteiger partial charge in [-0.25, -0.2) is 9.97 Å². The van der Waals surface area contributed by atoms with Gasteiger partial charge in [0.1, 0.15) is 6.33 Å². The number of anilines is 2. The van der Waals surface area contributed by atoms with E-state index in [2.05, 4.69) is 20.6 Å². The first kappa shape index (κ1) is 15.3. The first-order chi connectivity index (χ1) is 8.98. The highest BCUT2D eigenvalue weighted by Crippen LogP contribution is 2.29. The zero-order valence-corrected chi connectivity index (χ0v) is 10.8. The lowest BCUT2D eigenvalue weighted by atomic mass is 10.4. The molecular formula is C11H17F3N4O. The first-order valence-corrected chi connectivity index (χ1v) is 5.91. The van der Waals surface area contributed by atoms with E-state index in [9.17, 15) is 13.2 Å². The Morgan fingerprint density at radius 2 is 1.74 bits per heavy atom. The lowest BCUT2D eigenvalue weighted by Crippen LogP contribution is -2.16. The van der Waals surface area contributed by atoms with Gasteiger partial charge >= 0.3 is 6.18 Å². The minimum Gasteiger partial charge on any atom is -0.490 e. The van der Waals surface area contributed by atoms with Gasteiger partial charge in [-0.3, -0.25) is 0 Å². The summed E-state index contributed by atoms with van der Waals surface area (Å²) in [6.45, 7) is 2.42. The van der Waals surface area contributed by atoms with E-state index < -0.39 is 12.6 Å². The molecule has 2 N–H and O–H groups in total. The molecule has 5 nitrogen and oxygen atoms in total. The van der Waals surface area contributed by atoms with Crippen LogP contribution in [-0.2, 0) is 0 Å². The molecule has 1 rings (SSSR count). The molecule has 0 bridgehead atoms. The van der Waals surface area contributed by atoms with Gasteiger partial charge in [0.05, 0.1) is 13.5 Å². The summed E-state index contributed by atoms with van der Waals surface area (Å²) in [6.07, 6.45) is -2.96. The topological polar surface area (TPSA) is 59.1 Å². The smallest absolute Gasteiger partial charge is 0.390 e. The lowest BCUT2D eigenvalue weighted by Gasteiger charge is -2.14. The number of hydrogen-bond donors (Lipinski definition) is 2. The van der Waals surface area contributed by atoms with Crippen molar-refractivity contribution in [2.24, 2.45) is 0 Å². The molecule has 0 unspecified atom stereocenters. The molecule has 0 aliphatic rings. The van der Waals surface area contributed by atoms with Gasteiger partial charge in [-0.05, 0) is 6.42 Å². The summed E-state index contributed by atoms with van der Waals surface area (Å²) in [4.78, 5) is 7.88. The van der Waals surface area contributed by atoms with E-state index in [-0.39, 0.29) is 12.4 Å². The average molecular weight is 278 g/mol. The highest BCUT2D eigenvalue weighted by molar-refractivity contribution is 5.63. The maximum atomic E-state index is 12.1. The van der Waals surface area contributed by atoms with Gasteiger partial charge in [0.15, 0.2) is 11.6 Å². The second kappa shape index (κ2) is 7.01. The average Bonchev–Trinajstić information content (AvgIpc) is 2.34. The maximum absolute atomic E-state index is 12.1. The van der Waals surface area contributed by atoms with Crippen molar-refractivity contribution in [1.82, 2.24) is 9.97 Å². The van der Waals surface area contributed by atoms with E-state index in [0.717, 1.165) is 6.42 Å². The highest BCUT2D eigenvalue weighted by atomic mass is 19.4. The van der Waals surface area contributed by atoms with Crippen LogP contribution in [0.15, 0.2) is 6.33 Å². The molecule has 1 aromatic heterocycles. The maximum Gasteiger partial charge on any atom is 0.390 e. The molecule has 0 aromatic carbocycles. The van der Waals surface area contributed by atoms with Crippen LogP contribution < -0.4 is 15.4 Å². The molecule has 19 heavy (non-hydrogen) atoms. The third-order valence-electron chi connectivity index (χ3n) is 2.25. The number of halogens is 3. The SMILES string of the molecule is CCCNc1ncnc(NCCC(F)(F)F)c1OC. The summed E-state index contributed by atoms with van der Waals surface area (Å²) in [5.74, 6) is 1.03. The molecule has 0 spiro atoms. The Morgan fingerprint density at radius 3 is 2.21 bits per heavy atom. The summed E-state index contributed by atoms with van der Waals surface area (Å²) >= 11 is 0. The molecule has 0 atom stereocenters. The van der Waals surface area contributed by atoms with Crippen LogP contribution in [0.1, 0.15) is 19.8 Å². The molecule has 1 aromatic rings. The summed E-state index contributed by atoms with van der Waals surface area (Å²) < 4.78 is 41.3. The van der Waals surface area contributed by atoms with Crippen molar-refractivity contribution < 1.29 is 17.9 Å². The number of ether oxygens (including phenoxy) is 1. The number of nitrogens with one attached hydrogen (secondary N) is 2. The van der Waals surface area contributed by atoms with Crippen LogP contribution in [0.25, 0.3) is 0 Å². The van der Waals surface area contributed by atoms with Gasteiger partial charge in [0.2, 0.25) is 5.75 Å². The van der Waals surface area contributed by atoms with E-state index in [0.29, 0.717) is 18.1 Å². The predicted molar refractivity (Wildman–Crippen MR) is 66.5 cm³/mol. The molecule has 8 heteroatoms. The molecule has 0 radical (unpaired) electrons. The lowest BCUT2D eigenvalue weighted by molar-refractivity contribution is -0.131. The van der Waals surface area contributed by atoms with Crippen LogP contribution in [0.3, 0.4) is 0 Å². The second-order valence-electron chi connectivity index (χ2n) is 3.82. The summed E-state index contributed by atoms with van der Waals surface area (Å²) in [7, 11) is 1.42. The van der Waals surface area contributed by atoms with Crippen LogP contribution in [0.2, 0.25) is 0 Å². The van der Waals surface area contributed by atoms with Crippen LogP contribution in [-0.4, -0.2) is 36.3 Å². The Hall–Kier alpha value is -1.73. The fourth-order valence-corrected chi connectivity index (χ4v) is 1.38. The standard InChI is InChI=1S/C11H17F3N4O/c1-3-5-15-9-8(19-2)10(18-7-17-9)16-6-4-11(12,13)14/h7H,3-6H2,1-2H3,(H2,15,16,17,18). The molecule has 0 amide bonds. The third-order valence-corrected chi connectivity index (χ3v) is 2.25. The van der Waals surface area contributed by atoms with Gasteiger partial charge < -0.3 is 15.4 Å². The molecule has 0 saturated heterocycles. The van der Waals surface area contributed by atoms with E-state index in [1.54, 1.807) is 0 Å². The summed E-state index contributed by atoms with van der Waals surface area (Å²) in [5, 5.41) is 5.62. The number of methoxy groups -OCH3 is 1. The first-order valence-electron chi connectivity index (χ1n) is 5.91. The van der Waals surface area contributed by atoms with Gasteiger partial charge in [-0.1, -0.05) is 6.92 Å². The molecule has 0 aliphatic carbocycles. The van der Waals surface area contributed by atoms with Crippen molar-refractivity contribution in [1.29, 1.82) is 0 Å². The summed E-state index contributed by atoms with van der Waals surface area (Å²) in [5.41, 5.74) is 0. The Kier molecular flexibility index (Phi) is 5.65. The predicted octanol–water partition coefficient (Wildman–Crippen LogP) is 2.67. The van der Waals surface area contributed by atoms with E-state index in [4.69, 9.17) is 4.74 Å². The quantitative estimate of drug-likeness (QED) is 0.803. The Morgan fingerprint density at radius 1 is 1.16 bits per heavy atom. The fraction of sp³-hybridized carbons (Fsp3) is 0.636. The van der Waals surface area contributed by atoms with Crippen LogP contribution in [0.5, 0.6) is 5.75 Å². The van der Waals surface area contributed by atoms with Gasteiger partial charge in [-0.2, -0.15) is 13.2 Å². The molecular weight excluding hydrogens is 261 g/mol. The van der Waals surface area contributed by atoms with Crippen LogP contribution >= 0.6 is 0 Å². The second-order valence-corrected chi connectivity index (χ2v) is 3.82. The van der Waals surface area contributed by atoms with Gasteiger partial charge in [-0.15, -0.1) is 0 Å². The Labute approximate surface area is 109 Å². The van der Waals surface area contributed by atoms with E-state index in [1.807, 2.05) is 6.92 Å². The number of rotatable bonds is 7. The summed E-state index contributed by atoms with van der Waals surface area (Å²) in [6, 6.07) is 0. The molecule has 0 fully saturated rings. The minimum absolute atomic E-state index is 0.250. The minimum atomic E-state index is -4.20. The fourth-order valence-electron chi connectivity index (χ4n) is 1.38. The van der Waals surface area contributed by atoms with Crippen LogP contribution in [0, 0.1) is 0 Å². The number of hydrogen-bond acceptors (Lipinski definition) is 5. The number of aromatic nitrogens is 2. The van der Waals surface area contributed by atoms with Crippen molar-refractivity contribution in [3.63, 3.8) is 0 Å². The van der Waals surface area contributed by atoms with Gasteiger partial charge in [0.25, 0.3) is 0 Å². The van der Waals surface area contributed by atoms with Crippen molar-refractivity contribution in [2.75, 3.05) is 30.8 Å². The van der Waals surface area contributed by atoms with Crippen molar-refractivity contribution in [2.45, 2.75) is 25.9 Å². The van der Waals surface area contributed by atoms with Crippen LogP contribution in [0.4, 0.5) is 24.8 Å². The molecule has 0 saturated carbocycles. The molecule has 108 valence electrons. The normalized spacial score (nSPS) is 11.2. The number of nitrogens with zero attached hydrogens (tertiary/aromatic N) is 2. The Bertz CT molecular complexity index is 398. The zero-order chi connectivity index (χ0) is 14.3. The van der Waals surface area contributed by atoms with E-state index in [1.165, 1.54) is 13.4 Å². The molecule has 1 heterocycles. The van der Waals surface area contributed by atoms with E-state index >= 15 is 0 Å². The van der Waals surface area contributed by atoms with Crippen molar-refractivity contribution >= 4 is 11.6 Å². The zero-order valence-electron chi connectivity index (χ0n) is 10.8. The number of alkyl halides is 3. The van der Waals surface area contributed by atoms with Gasteiger partial charge in [0, 0.05) is 13.1 Å². The molecule has 0 aliphatic heterocycles. The highest BCUT2D eigenvalue weighted by Gasteiger charge is 2.26. The Balaban J connectivity index is 2.71. The van der Waals surface area contributed by atoms with Crippen molar-refractivity contribution in [3.8, 4) is 5.75 Å². The van der Waals surface area contributed by atoms with Crippen molar-refractivity contribution in [3.05, 3.63) is 6.33 Å². The third kappa shape index (κ3) is 5.19. The largest absolute Gasteiger partial charge is 0.490 e. The monoisotopic (exact) mass is 278 g/mol.